The Morgan fingerprint density at radius 1 is 0.778 bits per heavy atom. The maximum atomic E-state index is 11.1. The number of thiophene rings is 1. The number of ketones is 1. The highest BCUT2D eigenvalue weighted by atomic mass is 79.9. The second-order valence-corrected chi connectivity index (χ2v) is 17.2. The predicted octanol–water partition coefficient (Wildman–Crippen LogP) is 12.8. The van der Waals surface area contributed by atoms with Crippen molar-refractivity contribution in [1.29, 1.82) is 0 Å². The Labute approximate surface area is 385 Å². The summed E-state index contributed by atoms with van der Waals surface area (Å²) in [5, 5.41) is 17.3. The molecule has 3 N–H and O–H groups in total. The lowest BCUT2D eigenvalue weighted by atomic mass is 10.1. The molecule has 7 heterocycles. The number of aliphatic imine (C=N–C) groups is 2. The molecule has 13 nitrogen and oxygen atoms in total. The number of halogens is 3. The first kappa shape index (κ1) is 43.1. The van der Waals surface area contributed by atoms with E-state index in [-0.39, 0.29) is 16.8 Å². The van der Waals surface area contributed by atoms with Gasteiger partial charge in [0.05, 0.1) is 24.2 Å². The second kappa shape index (κ2) is 19.2. The number of hydrogen-bond acceptors (Lipinski definition) is 13. The molecule has 0 fully saturated rings. The molecule has 0 unspecified atom stereocenters. The number of carboxylic acids is 1. The molecule has 0 aliphatic carbocycles. The molecule has 11 rings (SSSR count). The molecule has 0 spiro atoms. The molecule has 2 aliphatic rings. The average molecular weight is 1010 g/mol. The van der Waals surface area contributed by atoms with Crippen LogP contribution in [-0.2, 0) is 13.1 Å². The van der Waals surface area contributed by atoms with E-state index in [0.29, 0.717) is 28.6 Å². The highest BCUT2D eigenvalue weighted by Gasteiger charge is 2.13. The van der Waals surface area contributed by atoms with Crippen molar-refractivity contribution in [2.45, 2.75) is 26.9 Å². The number of hydrogen-bond donors (Lipinski definition) is 3. The van der Waals surface area contributed by atoms with Crippen LogP contribution in [0, 0.1) is 6.92 Å². The second-order valence-electron chi connectivity index (χ2n) is 13.9. The topological polar surface area (TPSA) is 181 Å². The molecule has 0 saturated heterocycles. The lowest BCUT2D eigenvalue weighted by Gasteiger charge is -2.08. The number of nitrogens with one attached hydrogen (secondary N) is 2. The lowest BCUT2D eigenvalue weighted by Crippen LogP contribution is -1.98. The van der Waals surface area contributed by atoms with Crippen molar-refractivity contribution < 1.29 is 23.5 Å². The minimum atomic E-state index is -1.05. The summed E-state index contributed by atoms with van der Waals surface area (Å²) in [6.45, 7) is 5.01. The number of benzene rings is 4. The van der Waals surface area contributed by atoms with E-state index in [2.05, 4.69) is 90.6 Å². The minimum Gasteiger partial charge on any atom is -0.475 e. The van der Waals surface area contributed by atoms with Gasteiger partial charge < -0.3 is 24.6 Å². The maximum Gasteiger partial charge on any atom is 0.371 e. The summed E-state index contributed by atoms with van der Waals surface area (Å²) in [4.78, 5) is 47.6. The fraction of sp³-hybridized carbons (Fsp3) is 0.0870. The molecule has 0 amide bonds. The van der Waals surface area contributed by atoms with Crippen LogP contribution in [-0.4, -0.2) is 49.2 Å². The molecule has 0 bridgehead atoms. The summed E-state index contributed by atoms with van der Waals surface area (Å²) in [5.41, 5.74) is 8.78. The molecule has 0 radical (unpaired) electrons. The van der Waals surface area contributed by atoms with Gasteiger partial charge in [0.25, 0.3) is 0 Å². The SMILES string of the molecule is CC(=O)c1cc2ccc(Br)cc2s1.Cc1nc(Nc2ccc3c(c2)C=NC3)c2occc2n1.Clc1nccc(Nc2ccc3c(c2)C=NC3)n1.O=C(O)c1cc2ccc(Br)cc2o1. The van der Waals surface area contributed by atoms with E-state index in [1.54, 1.807) is 37.6 Å². The molecule has 63 heavy (non-hydrogen) atoms. The van der Waals surface area contributed by atoms with Crippen molar-refractivity contribution >= 4 is 134 Å². The van der Waals surface area contributed by atoms with E-state index in [1.807, 2.05) is 74.0 Å². The molecular weight excluding hydrogens is 972 g/mol. The number of carbonyl (C=O) groups is 2. The van der Waals surface area contributed by atoms with Crippen LogP contribution in [0.5, 0.6) is 0 Å². The maximum absolute atomic E-state index is 11.1. The van der Waals surface area contributed by atoms with Gasteiger partial charge in [0, 0.05) is 55.1 Å². The van der Waals surface area contributed by atoms with E-state index in [4.69, 9.17) is 25.5 Å². The third-order valence-electron chi connectivity index (χ3n) is 9.37. The van der Waals surface area contributed by atoms with Crippen LogP contribution in [0.3, 0.4) is 0 Å². The normalized spacial score (nSPS) is 11.8. The third kappa shape index (κ3) is 10.7. The monoisotopic (exact) mass is 1000 g/mol. The summed E-state index contributed by atoms with van der Waals surface area (Å²) in [6, 6.07) is 30.7. The van der Waals surface area contributed by atoms with Crippen LogP contribution in [0.25, 0.3) is 32.2 Å². The zero-order valence-electron chi connectivity index (χ0n) is 33.3. The number of Topliss-reactive ketones (excluding diaryl/α,β-unsaturated/α-hetero) is 1. The molecule has 0 atom stereocenters. The minimum absolute atomic E-state index is 0.0342. The van der Waals surface area contributed by atoms with Gasteiger partial charge in [-0.2, -0.15) is 0 Å². The Morgan fingerprint density at radius 2 is 1.46 bits per heavy atom. The Kier molecular flexibility index (Phi) is 13.1. The van der Waals surface area contributed by atoms with Gasteiger partial charge in [-0.3, -0.25) is 14.8 Å². The van der Waals surface area contributed by atoms with E-state index in [0.717, 1.165) is 70.4 Å². The van der Waals surface area contributed by atoms with Crippen LogP contribution in [0.15, 0.2) is 137 Å². The third-order valence-corrected chi connectivity index (χ3v) is 11.7. The van der Waals surface area contributed by atoms with E-state index in [9.17, 15) is 9.59 Å². The predicted molar refractivity (Wildman–Crippen MR) is 256 cm³/mol. The van der Waals surface area contributed by atoms with Crippen molar-refractivity contribution in [2.75, 3.05) is 10.6 Å². The number of carbonyl (C=O) groups excluding carboxylic acids is 1. The summed E-state index contributed by atoms with van der Waals surface area (Å²) < 4.78 is 13.6. The Bertz CT molecular complexity index is 3150. The molecule has 0 saturated carbocycles. The summed E-state index contributed by atoms with van der Waals surface area (Å²) >= 11 is 13.9. The van der Waals surface area contributed by atoms with Crippen molar-refractivity contribution in [2.24, 2.45) is 9.98 Å². The zero-order chi connectivity index (χ0) is 44.0. The highest BCUT2D eigenvalue weighted by molar-refractivity contribution is 9.10. The number of furan rings is 2. The van der Waals surface area contributed by atoms with Crippen LogP contribution >= 0.6 is 54.8 Å². The van der Waals surface area contributed by atoms with Gasteiger partial charge in [-0.15, -0.1) is 11.3 Å². The van der Waals surface area contributed by atoms with Gasteiger partial charge in [0.1, 0.15) is 22.7 Å². The average Bonchev–Trinajstić information content (AvgIpc) is 4.11. The molecular formula is C46H33Br2ClN8O5S. The number of aromatic nitrogens is 4. The Balaban J connectivity index is 0.000000117. The van der Waals surface area contributed by atoms with Crippen LogP contribution in [0.4, 0.5) is 23.0 Å². The quantitative estimate of drug-likeness (QED) is 0.107. The van der Waals surface area contributed by atoms with Gasteiger partial charge in [-0.25, -0.2) is 24.7 Å². The summed E-state index contributed by atoms with van der Waals surface area (Å²) in [6.07, 6.45) is 7.02. The van der Waals surface area contributed by atoms with Crippen molar-refractivity contribution in [3.63, 3.8) is 0 Å². The zero-order valence-corrected chi connectivity index (χ0v) is 38.0. The first-order valence-electron chi connectivity index (χ1n) is 19.1. The van der Waals surface area contributed by atoms with Crippen LogP contribution in [0.1, 0.15) is 55.2 Å². The molecule has 2 aliphatic heterocycles. The molecule has 4 aromatic carbocycles. The standard InChI is InChI=1S/C15H12N4O.C12H9ClN4.C10H7BrOS.C9H5BrO3/c1-9-17-13-4-5-20-14(13)15(18-9)19-12-3-2-10-7-16-8-11(10)6-12;13-12-15-4-3-11(17-12)16-10-2-1-8-6-14-7-9(8)5-10;1-6(12)9-4-7-2-3-8(11)5-10(7)13-9;10-6-2-1-5-3-8(9(11)12)13-7(5)4-6/h2-6,8H,7H2,1H3,(H,17,18,19);1-5,7H,6H2,(H,15,16,17);2-5H,1H3;1-4H,(H,11,12). The van der Waals surface area contributed by atoms with Crippen molar-refractivity contribution in [1.82, 2.24) is 19.9 Å². The van der Waals surface area contributed by atoms with Gasteiger partial charge in [0.15, 0.2) is 17.2 Å². The number of aromatic carboxylic acids is 1. The van der Waals surface area contributed by atoms with Gasteiger partial charge in [-0.1, -0.05) is 50.1 Å². The number of nitrogens with zero attached hydrogens (tertiary/aromatic N) is 6. The first-order valence-corrected chi connectivity index (χ1v) is 21.8. The fourth-order valence-electron chi connectivity index (χ4n) is 6.40. The summed E-state index contributed by atoms with van der Waals surface area (Å²) in [5.74, 6) is 1.13. The number of rotatable bonds is 6. The largest absolute Gasteiger partial charge is 0.475 e. The molecule has 314 valence electrons. The van der Waals surface area contributed by atoms with Gasteiger partial charge in [0.2, 0.25) is 11.0 Å². The fourth-order valence-corrected chi connectivity index (χ4v) is 8.40. The molecule has 9 aromatic rings. The molecule has 5 aromatic heterocycles. The summed E-state index contributed by atoms with van der Waals surface area (Å²) in [7, 11) is 0. The smallest absolute Gasteiger partial charge is 0.371 e. The first-order chi connectivity index (χ1) is 30.4. The Hall–Kier alpha value is -6.59. The Morgan fingerprint density at radius 3 is 2.14 bits per heavy atom. The van der Waals surface area contributed by atoms with E-state index < -0.39 is 5.97 Å². The lowest BCUT2D eigenvalue weighted by molar-refractivity contribution is 0.0664. The van der Waals surface area contributed by atoms with E-state index in [1.165, 1.54) is 28.5 Å². The van der Waals surface area contributed by atoms with Crippen molar-refractivity contribution in [3.05, 3.63) is 162 Å². The highest BCUT2D eigenvalue weighted by Crippen LogP contribution is 2.30. The number of carboxylic acid groups (broad SMARTS) is 1. The van der Waals surface area contributed by atoms with Crippen molar-refractivity contribution in [3.8, 4) is 0 Å². The van der Waals surface area contributed by atoms with Gasteiger partial charge >= 0.3 is 5.97 Å². The molecule has 17 heteroatoms. The number of aryl methyl sites for hydroxylation is 1. The number of anilines is 4. The number of fused-ring (bicyclic) bond motifs is 5. The van der Waals surface area contributed by atoms with E-state index >= 15 is 0 Å². The van der Waals surface area contributed by atoms with Gasteiger partial charge in [-0.05, 0) is 126 Å². The van der Waals surface area contributed by atoms with Crippen LogP contribution in [0.2, 0.25) is 5.28 Å². The van der Waals surface area contributed by atoms with Crippen LogP contribution < -0.4 is 10.6 Å².